The van der Waals surface area contributed by atoms with Crippen LogP contribution in [0.3, 0.4) is 0 Å². The van der Waals surface area contributed by atoms with Crippen molar-refractivity contribution >= 4 is 12.5 Å². The summed E-state index contributed by atoms with van der Waals surface area (Å²) >= 11 is 0. The lowest BCUT2D eigenvalue weighted by atomic mass is 10.2. The predicted molar refractivity (Wildman–Crippen MR) is 45.3 cm³/mol. The average molecular weight is 147 g/mol. The van der Waals surface area contributed by atoms with Gasteiger partial charge in [0.15, 0.2) is 0 Å². The standard InChI is InChI=1S/C9H9NO/c1-10-6-8-2-4-9(7-11)5-3-8/h2-7H,1H3/b10-6-. The van der Waals surface area contributed by atoms with E-state index in [0.29, 0.717) is 5.56 Å². The Kier molecular flexibility index (Phi) is 2.55. The minimum absolute atomic E-state index is 0.693. The molecule has 2 heteroatoms. The zero-order chi connectivity index (χ0) is 8.10. The summed E-state index contributed by atoms with van der Waals surface area (Å²) in [6.45, 7) is 0. The summed E-state index contributed by atoms with van der Waals surface area (Å²) in [5, 5.41) is 0. The molecule has 0 atom stereocenters. The molecule has 0 unspecified atom stereocenters. The molecule has 0 fully saturated rings. The molecular weight excluding hydrogens is 138 g/mol. The van der Waals surface area contributed by atoms with Crippen molar-refractivity contribution in [2.24, 2.45) is 4.99 Å². The molecule has 2 nitrogen and oxygen atoms in total. The quantitative estimate of drug-likeness (QED) is 0.461. The van der Waals surface area contributed by atoms with Crippen LogP contribution in [0, 0.1) is 0 Å². The van der Waals surface area contributed by atoms with Crippen molar-refractivity contribution in [3.63, 3.8) is 0 Å². The molecule has 0 saturated heterocycles. The Hall–Kier alpha value is -1.44. The number of aldehydes is 1. The van der Waals surface area contributed by atoms with E-state index in [4.69, 9.17) is 0 Å². The minimum atomic E-state index is 0.693. The third kappa shape index (κ3) is 2.00. The molecule has 0 radical (unpaired) electrons. The highest BCUT2D eigenvalue weighted by Gasteiger charge is 1.88. The van der Waals surface area contributed by atoms with Crippen molar-refractivity contribution in [1.82, 2.24) is 0 Å². The third-order valence-electron chi connectivity index (χ3n) is 1.35. The highest BCUT2D eigenvalue weighted by atomic mass is 16.1. The molecule has 0 aliphatic rings. The van der Waals surface area contributed by atoms with Gasteiger partial charge in [-0.15, -0.1) is 0 Å². The van der Waals surface area contributed by atoms with Gasteiger partial charge >= 0.3 is 0 Å². The fourth-order valence-corrected chi connectivity index (χ4v) is 0.810. The normalized spacial score (nSPS) is 10.3. The van der Waals surface area contributed by atoms with Gasteiger partial charge in [-0.05, 0) is 5.56 Å². The molecule has 1 rings (SSSR count). The summed E-state index contributed by atoms with van der Waals surface area (Å²) in [5.74, 6) is 0. The molecule has 0 N–H and O–H groups in total. The molecular formula is C9H9NO. The largest absolute Gasteiger partial charge is 0.298 e. The maximum absolute atomic E-state index is 10.2. The van der Waals surface area contributed by atoms with Crippen LogP contribution in [0.1, 0.15) is 15.9 Å². The van der Waals surface area contributed by atoms with E-state index in [-0.39, 0.29) is 0 Å². The van der Waals surface area contributed by atoms with Gasteiger partial charge in [0.05, 0.1) is 0 Å². The van der Waals surface area contributed by atoms with Crippen molar-refractivity contribution in [1.29, 1.82) is 0 Å². The molecule has 0 spiro atoms. The second kappa shape index (κ2) is 3.66. The zero-order valence-corrected chi connectivity index (χ0v) is 6.32. The third-order valence-corrected chi connectivity index (χ3v) is 1.35. The summed E-state index contributed by atoms with van der Waals surface area (Å²) in [7, 11) is 1.72. The summed E-state index contributed by atoms with van der Waals surface area (Å²) in [6, 6.07) is 7.25. The van der Waals surface area contributed by atoms with E-state index in [1.165, 1.54) is 0 Å². The number of rotatable bonds is 2. The Morgan fingerprint density at radius 3 is 2.18 bits per heavy atom. The van der Waals surface area contributed by atoms with Crippen LogP contribution >= 0.6 is 0 Å². The van der Waals surface area contributed by atoms with Crippen LogP contribution in [0.5, 0.6) is 0 Å². The second-order valence-electron chi connectivity index (χ2n) is 2.17. The van der Waals surface area contributed by atoms with Crippen LogP contribution in [0.4, 0.5) is 0 Å². The molecule has 56 valence electrons. The van der Waals surface area contributed by atoms with Gasteiger partial charge in [-0.25, -0.2) is 0 Å². The highest BCUT2D eigenvalue weighted by Crippen LogP contribution is 1.99. The first-order chi connectivity index (χ1) is 5.36. The van der Waals surface area contributed by atoms with Crippen molar-refractivity contribution in [3.8, 4) is 0 Å². The SMILES string of the molecule is C/N=C\c1ccc(C=O)cc1. The van der Waals surface area contributed by atoms with Crippen LogP contribution in [-0.2, 0) is 0 Å². The molecule has 0 bridgehead atoms. The lowest BCUT2D eigenvalue weighted by Gasteiger charge is -1.91. The van der Waals surface area contributed by atoms with Crippen LogP contribution in [0.15, 0.2) is 29.3 Å². The van der Waals surface area contributed by atoms with Gasteiger partial charge in [0.1, 0.15) is 6.29 Å². The van der Waals surface area contributed by atoms with Crippen LogP contribution in [0.25, 0.3) is 0 Å². The molecule has 0 amide bonds. The van der Waals surface area contributed by atoms with Gasteiger partial charge in [0.2, 0.25) is 0 Å². The van der Waals surface area contributed by atoms with Gasteiger partial charge in [-0.3, -0.25) is 9.79 Å². The van der Waals surface area contributed by atoms with Crippen LogP contribution in [0.2, 0.25) is 0 Å². The molecule has 0 saturated carbocycles. The Bertz CT molecular complexity index is 261. The van der Waals surface area contributed by atoms with E-state index >= 15 is 0 Å². The minimum Gasteiger partial charge on any atom is -0.298 e. The zero-order valence-electron chi connectivity index (χ0n) is 6.32. The number of hydrogen-bond donors (Lipinski definition) is 0. The van der Waals surface area contributed by atoms with Gasteiger partial charge in [0.25, 0.3) is 0 Å². The van der Waals surface area contributed by atoms with Gasteiger partial charge in [-0.1, -0.05) is 24.3 Å². The van der Waals surface area contributed by atoms with E-state index in [1.54, 1.807) is 25.4 Å². The van der Waals surface area contributed by atoms with Crippen molar-refractivity contribution in [2.45, 2.75) is 0 Å². The maximum atomic E-state index is 10.2. The van der Waals surface area contributed by atoms with Crippen molar-refractivity contribution < 1.29 is 4.79 Å². The first-order valence-corrected chi connectivity index (χ1v) is 3.34. The number of aliphatic imine (C=N–C) groups is 1. The van der Waals surface area contributed by atoms with E-state index in [9.17, 15) is 4.79 Å². The fraction of sp³-hybridized carbons (Fsp3) is 0.111. The average Bonchev–Trinajstić information content (AvgIpc) is 2.07. The Morgan fingerprint density at radius 2 is 1.73 bits per heavy atom. The van der Waals surface area contributed by atoms with Gasteiger partial charge in [-0.2, -0.15) is 0 Å². The topological polar surface area (TPSA) is 29.4 Å². The molecule has 1 aromatic carbocycles. The summed E-state index contributed by atoms with van der Waals surface area (Å²) in [4.78, 5) is 14.1. The number of carbonyl (C=O) groups is 1. The van der Waals surface area contributed by atoms with Crippen molar-refractivity contribution in [3.05, 3.63) is 35.4 Å². The second-order valence-corrected chi connectivity index (χ2v) is 2.17. The summed E-state index contributed by atoms with van der Waals surface area (Å²) < 4.78 is 0. The Balaban J connectivity index is 2.91. The van der Waals surface area contributed by atoms with Gasteiger partial charge in [0, 0.05) is 18.8 Å². The molecule has 1 aromatic rings. The number of nitrogens with zero attached hydrogens (tertiary/aromatic N) is 1. The first-order valence-electron chi connectivity index (χ1n) is 3.34. The molecule has 11 heavy (non-hydrogen) atoms. The number of hydrogen-bond acceptors (Lipinski definition) is 2. The maximum Gasteiger partial charge on any atom is 0.150 e. The number of carbonyl (C=O) groups excluding carboxylic acids is 1. The van der Waals surface area contributed by atoms with E-state index in [0.717, 1.165) is 11.8 Å². The smallest absolute Gasteiger partial charge is 0.150 e. The van der Waals surface area contributed by atoms with E-state index in [2.05, 4.69) is 4.99 Å². The monoisotopic (exact) mass is 147 g/mol. The number of benzene rings is 1. The fourth-order valence-electron chi connectivity index (χ4n) is 0.810. The Morgan fingerprint density at radius 1 is 1.18 bits per heavy atom. The lowest BCUT2D eigenvalue weighted by Crippen LogP contribution is -1.82. The molecule has 0 aromatic heterocycles. The van der Waals surface area contributed by atoms with Crippen LogP contribution < -0.4 is 0 Å². The first kappa shape index (κ1) is 7.66. The summed E-state index contributed by atoms with van der Waals surface area (Å²) in [6.07, 6.45) is 2.57. The highest BCUT2D eigenvalue weighted by molar-refractivity contribution is 5.82. The molecule has 0 heterocycles. The molecule has 0 aliphatic carbocycles. The van der Waals surface area contributed by atoms with E-state index < -0.39 is 0 Å². The Labute approximate surface area is 65.6 Å². The lowest BCUT2D eigenvalue weighted by molar-refractivity contribution is 0.112. The van der Waals surface area contributed by atoms with Crippen molar-refractivity contribution in [2.75, 3.05) is 7.05 Å². The molecule has 0 aliphatic heterocycles. The summed E-state index contributed by atoms with van der Waals surface area (Å²) in [5.41, 5.74) is 1.70. The predicted octanol–water partition coefficient (Wildman–Crippen LogP) is 1.55. The van der Waals surface area contributed by atoms with Gasteiger partial charge < -0.3 is 0 Å². The van der Waals surface area contributed by atoms with E-state index in [1.807, 2.05) is 12.1 Å². The van der Waals surface area contributed by atoms with Crippen LogP contribution in [-0.4, -0.2) is 19.5 Å².